The fourth-order valence-electron chi connectivity index (χ4n) is 2.73. The van der Waals surface area contributed by atoms with E-state index in [1.165, 1.54) is 31.4 Å². The van der Waals surface area contributed by atoms with Crippen LogP contribution in [0.4, 0.5) is 9.18 Å². The van der Waals surface area contributed by atoms with E-state index >= 15 is 0 Å². The molecule has 0 aliphatic carbocycles. The fraction of sp³-hybridized carbons (Fsp3) is 0.150. The molecule has 1 aliphatic heterocycles. The number of imide groups is 1. The molecule has 162 valence electrons. The van der Waals surface area contributed by atoms with Crippen molar-refractivity contribution in [3.8, 4) is 11.5 Å². The van der Waals surface area contributed by atoms with Crippen LogP contribution in [-0.4, -0.2) is 40.8 Å². The molecule has 1 saturated heterocycles. The van der Waals surface area contributed by atoms with E-state index in [0.717, 1.165) is 16.7 Å². The van der Waals surface area contributed by atoms with E-state index in [9.17, 15) is 18.8 Å². The SMILES string of the molecule is COc1cc(/C=C2\SC(=O)N(Cc3c(F)cccc3Cl)C2=O)cc(I)c1OCC(=O)O. The Morgan fingerprint density at radius 1 is 1.35 bits per heavy atom. The van der Waals surface area contributed by atoms with Gasteiger partial charge in [0.05, 0.1) is 22.1 Å². The summed E-state index contributed by atoms with van der Waals surface area (Å²) in [4.78, 5) is 37.0. The van der Waals surface area contributed by atoms with Crippen molar-refractivity contribution in [3.63, 3.8) is 0 Å². The number of benzene rings is 2. The van der Waals surface area contributed by atoms with Crippen molar-refractivity contribution in [1.29, 1.82) is 0 Å². The molecule has 1 fully saturated rings. The first-order chi connectivity index (χ1) is 14.7. The Kier molecular flexibility index (Phi) is 7.44. The number of carboxylic acid groups (broad SMARTS) is 1. The summed E-state index contributed by atoms with van der Waals surface area (Å²) in [5.74, 6) is -1.78. The minimum Gasteiger partial charge on any atom is -0.493 e. The van der Waals surface area contributed by atoms with Gasteiger partial charge < -0.3 is 14.6 Å². The Balaban J connectivity index is 1.87. The molecule has 2 aromatic carbocycles. The quantitative estimate of drug-likeness (QED) is 0.374. The molecule has 7 nitrogen and oxygen atoms in total. The van der Waals surface area contributed by atoms with Crippen LogP contribution in [0.15, 0.2) is 35.2 Å². The molecule has 11 heteroatoms. The van der Waals surface area contributed by atoms with Crippen molar-refractivity contribution >= 4 is 69.1 Å². The van der Waals surface area contributed by atoms with E-state index in [0.29, 0.717) is 9.13 Å². The maximum atomic E-state index is 14.1. The maximum Gasteiger partial charge on any atom is 0.341 e. The Labute approximate surface area is 199 Å². The summed E-state index contributed by atoms with van der Waals surface area (Å²) in [7, 11) is 1.40. The molecule has 0 radical (unpaired) electrons. The number of hydrogen-bond acceptors (Lipinski definition) is 6. The van der Waals surface area contributed by atoms with Gasteiger partial charge in [0.2, 0.25) is 0 Å². The third kappa shape index (κ3) is 5.31. The Hall–Kier alpha value is -2.31. The van der Waals surface area contributed by atoms with Gasteiger partial charge in [-0.3, -0.25) is 14.5 Å². The lowest BCUT2D eigenvalue weighted by molar-refractivity contribution is -0.139. The van der Waals surface area contributed by atoms with Gasteiger partial charge in [-0.1, -0.05) is 17.7 Å². The highest BCUT2D eigenvalue weighted by molar-refractivity contribution is 14.1. The molecule has 31 heavy (non-hydrogen) atoms. The number of nitrogens with zero attached hydrogens (tertiary/aromatic N) is 1. The zero-order valence-electron chi connectivity index (χ0n) is 15.9. The molecule has 0 aromatic heterocycles. The number of carboxylic acids is 1. The molecular formula is C20H14ClFINO6S. The summed E-state index contributed by atoms with van der Waals surface area (Å²) in [6.07, 6.45) is 1.50. The molecule has 1 N–H and O–H groups in total. The van der Waals surface area contributed by atoms with E-state index in [-0.39, 0.29) is 33.5 Å². The Morgan fingerprint density at radius 3 is 2.74 bits per heavy atom. The summed E-state index contributed by atoms with van der Waals surface area (Å²) in [5, 5.41) is 8.39. The number of rotatable bonds is 7. The van der Waals surface area contributed by atoms with Gasteiger partial charge in [-0.25, -0.2) is 9.18 Å². The molecule has 1 aliphatic rings. The number of thioether (sulfide) groups is 1. The first kappa shape index (κ1) is 23.4. The molecule has 1 heterocycles. The summed E-state index contributed by atoms with van der Waals surface area (Å²) < 4.78 is 25.1. The van der Waals surface area contributed by atoms with E-state index in [4.69, 9.17) is 26.2 Å². The van der Waals surface area contributed by atoms with Crippen LogP contribution in [0.25, 0.3) is 6.08 Å². The third-order valence-electron chi connectivity index (χ3n) is 4.14. The third-order valence-corrected chi connectivity index (χ3v) is 6.20. The summed E-state index contributed by atoms with van der Waals surface area (Å²) in [6, 6.07) is 7.34. The minimum absolute atomic E-state index is 0.0591. The first-order valence-electron chi connectivity index (χ1n) is 8.61. The van der Waals surface area contributed by atoms with Crippen LogP contribution >= 0.6 is 46.0 Å². The average Bonchev–Trinajstić information content (AvgIpc) is 2.96. The van der Waals surface area contributed by atoms with Gasteiger partial charge in [-0.05, 0) is 70.3 Å². The number of halogens is 3. The van der Waals surface area contributed by atoms with Crippen LogP contribution < -0.4 is 9.47 Å². The number of amides is 2. The van der Waals surface area contributed by atoms with Crippen LogP contribution in [0.5, 0.6) is 11.5 Å². The molecular weight excluding hydrogens is 564 g/mol. The fourth-order valence-corrected chi connectivity index (χ4v) is 4.57. The van der Waals surface area contributed by atoms with Crippen LogP contribution in [0.1, 0.15) is 11.1 Å². The number of ether oxygens (including phenoxy) is 2. The highest BCUT2D eigenvalue weighted by atomic mass is 127. The van der Waals surface area contributed by atoms with Crippen molar-refractivity contribution < 1.29 is 33.4 Å². The average molecular weight is 578 g/mol. The van der Waals surface area contributed by atoms with E-state index in [2.05, 4.69) is 0 Å². The lowest BCUT2D eigenvalue weighted by atomic mass is 10.1. The lowest BCUT2D eigenvalue weighted by Gasteiger charge is -2.14. The van der Waals surface area contributed by atoms with Gasteiger partial charge in [-0.15, -0.1) is 0 Å². The second-order valence-corrected chi connectivity index (χ2v) is 8.75. The van der Waals surface area contributed by atoms with Crippen molar-refractivity contribution in [2.75, 3.05) is 13.7 Å². The summed E-state index contributed by atoms with van der Waals surface area (Å²) in [5.41, 5.74) is 0.599. The second kappa shape index (κ2) is 9.88. The maximum absolute atomic E-state index is 14.1. The van der Waals surface area contributed by atoms with Gasteiger partial charge in [0.15, 0.2) is 18.1 Å². The van der Waals surface area contributed by atoms with Crippen LogP contribution in [0.3, 0.4) is 0 Å². The van der Waals surface area contributed by atoms with Gasteiger partial charge in [-0.2, -0.15) is 0 Å². The van der Waals surface area contributed by atoms with Gasteiger partial charge in [0.25, 0.3) is 11.1 Å². The highest BCUT2D eigenvalue weighted by Gasteiger charge is 2.36. The smallest absolute Gasteiger partial charge is 0.341 e. The van der Waals surface area contributed by atoms with Crippen molar-refractivity contribution in [3.05, 3.63) is 60.8 Å². The van der Waals surface area contributed by atoms with Gasteiger partial charge >= 0.3 is 5.97 Å². The van der Waals surface area contributed by atoms with Crippen LogP contribution in [0.2, 0.25) is 5.02 Å². The van der Waals surface area contributed by atoms with Crippen molar-refractivity contribution in [2.24, 2.45) is 0 Å². The normalized spacial score (nSPS) is 15.0. The standard InChI is InChI=1S/C20H14ClFINO6S/c1-29-15-6-10(5-14(23)18(15)30-9-17(25)26)7-16-19(27)24(20(28)31-16)8-11-12(21)3-2-4-13(11)22/h2-7H,8-9H2,1H3,(H,25,26)/b16-7-. The van der Waals surface area contributed by atoms with E-state index < -0.39 is 29.5 Å². The van der Waals surface area contributed by atoms with Crippen molar-refractivity contribution in [2.45, 2.75) is 6.54 Å². The minimum atomic E-state index is -1.13. The Bertz CT molecular complexity index is 1090. The zero-order valence-corrected chi connectivity index (χ0v) is 19.6. The molecule has 0 spiro atoms. The van der Waals surface area contributed by atoms with E-state index in [1.807, 2.05) is 22.6 Å². The number of hydrogen-bond donors (Lipinski definition) is 1. The van der Waals surface area contributed by atoms with Gasteiger partial charge in [0.1, 0.15) is 5.82 Å². The van der Waals surface area contributed by atoms with Crippen LogP contribution in [0, 0.1) is 9.39 Å². The predicted molar refractivity (Wildman–Crippen MR) is 122 cm³/mol. The van der Waals surface area contributed by atoms with Crippen molar-refractivity contribution in [1.82, 2.24) is 4.90 Å². The molecule has 0 atom stereocenters. The van der Waals surface area contributed by atoms with Crippen LogP contribution in [-0.2, 0) is 16.1 Å². The summed E-state index contributed by atoms with van der Waals surface area (Å²) >= 11 is 8.68. The van der Waals surface area contributed by atoms with Gasteiger partial charge in [0, 0.05) is 10.6 Å². The molecule has 0 saturated carbocycles. The van der Waals surface area contributed by atoms with E-state index in [1.54, 1.807) is 12.1 Å². The predicted octanol–water partition coefficient (Wildman–Crippen LogP) is 4.79. The highest BCUT2D eigenvalue weighted by Crippen LogP contribution is 2.38. The first-order valence-corrected chi connectivity index (χ1v) is 10.9. The second-order valence-electron chi connectivity index (χ2n) is 6.18. The molecule has 0 unspecified atom stereocenters. The molecule has 3 rings (SSSR count). The Morgan fingerprint density at radius 2 is 2.10 bits per heavy atom. The monoisotopic (exact) mass is 577 g/mol. The number of aliphatic carboxylic acids is 1. The zero-order chi connectivity index (χ0) is 22.7. The molecule has 2 aromatic rings. The molecule has 2 amide bonds. The number of carbonyl (C=O) groups is 3. The number of carbonyl (C=O) groups excluding carboxylic acids is 2. The molecule has 0 bridgehead atoms. The largest absolute Gasteiger partial charge is 0.493 e. The summed E-state index contributed by atoms with van der Waals surface area (Å²) in [6.45, 7) is -0.820. The lowest BCUT2D eigenvalue weighted by Crippen LogP contribution is -2.28. The number of methoxy groups -OCH3 is 1. The topological polar surface area (TPSA) is 93.1 Å².